The first kappa shape index (κ1) is 9.11. The maximum Gasteiger partial charge on any atom is 0.230 e. The van der Waals surface area contributed by atoms with Crippen LogP contribution in [-0.2, 0) is 11.4 Å². The van der Waals surface area contributed by atoms with E-state index >= 15 is 0 Å². The largest absolute Gasteiger partial charge is 0.740 e. The van der Waals surface area contributed by atoms with Gasteiger partial charge in [0.1, 0.15) is 11.4 Å². The van der Waals surface area contributed by atoms with Crippen LogP contribution in [-0.4, -0.2) is 13.7 Å². The third-order valence-corrected chi connectivity index (χ3v) is 2.03. The Balaban J connectivity index is 2.46. The topological polar surface area (TPSA) is 62.2 Å². The average Bonchev–Trinajstić information content (AvgIpc) is 2.17. The Kier molecular flexibility index (Phi) is 2.43. The van der Waals surface area contributed by atoms with Gasteiger partial charge in [0.15, 0.2) is 0 Å². The lowest BCUT2D eigenvalue weighted by atomic mass is 10.2. The molecule has 2 rings (SSSR count). The predicted octanol–water partition coefficient (Wildman–Crippen LogP) is 1.41. The molecule has 1 heterocycles. The van der Waals surface area contributed by atoms with Crippen LogP contribution in [0.5, 0.6) is 5.88 Å². The summed E-state index contributed by atoms with van der Waals surface area (Å²) in [6.45, 7) is 0. The summed E-state index contributed by atoms with van der Waals surface area (Å²) in [6.07, 6.45) is 0. The lowest BCUT2D eigenvalue weighted by Crippen LogP contribution is -1.99. The average molecular weight is 208 g/mol. The van der Waals surface area contributed by atoms with Gasteiger partial charge in [0.05, 0.1) is 5.52 Å². The van der Waals surface area contributed by atoms with E-state index in [-0.39, 0.29) is 5.88 Å². The van der Waals surface area contributed by atoms with Crippen molar-refractivity contribution in [3.05, 3.63) is 36.4 Å². The number of para-hydroxylation sites is 1. The summed E-state index contributed by atoms with van der Waals surface area (Å²) in [5.41, 5.74) is 0.704. The number of hydrogen-bond acceptors (Lipinski definition) is 4. The first-order valence-electron chi connectivity index (χ1n) is 3.89. The minimum Gasteiger partial charge on any atom is -0.740 e. The SMILES string of the molecule is O=S([O-])Oc1ccc2ccccc2n1. The molecule has 2 aromatic rings. The second kappa shape index (κ2) is 3.73. The fraction of sp³-hybridized carbons (Fsp3) is 0. The third kappa shape index (κ3) is 1.89. The molecule has 0 spiro atoms. The van der Waals surface area contributed by atoms with Gasteiger partial charge in [0.25, 0.3) is 0 Å². The molecule has 0 N–H and O–H groups in total. The van der Waals surface area contributed by atoms with Gasteiger partial charge in [-0.3, -0.25) is 0 Å². The van der Waals surface area contributed by atoms with Crippen molar-refractivity contribution in [3.8, 4) is 5.88 Å². The first-order valence-corrected chi connectivity index (χ1v) is 4.89. The Labute approximate surface area is 83.0 Å². The molecule has 0 radical (unpaired) electrons. The number of rotatable bonds is 2. The van der Waals surface area contributed by atoms with E-state index in [4.69, 9.17) is 0 Å². The standard InChI is InChI=1S/C9H7NO3S/c11-14(12)13-9-6-5-7-3-1-2-4-8(7)10-9/h1-6H,(H,11,12)/p-1. The first-order chi connectivity index (χ1) is 6.75. The molecule has 1 aromatic heterocycles. The molecule has 0 saturated heterocycles. The Morgan fingerprint density at radius 2 is 2.00 bits per heavy atom. The molecular weight excluding hydrogens is 202 g/mol. The number of fused-ring (bicyclic) bond motifs is 1. The number of aromatic nitrogens is 1. The normalized spacial score (nSPS) is 12.6. The van der Waals surface area contributed by atoms with E-state index in [0.29, 0.717) is 5.52 Å². The van der Waals surface area contributed by atoms with E-state index in [0.717, 1.165) is 5.39 Å². The predicted molar refractivity (Wildman–Crippen MR) is 51.3 cm³/mol. The second-order valence-corrected chi connectivity index (χ2v) is 3.20. The van der Waals surface area contributed by atoms with Crippen molar-refractivity contribution in [1.82, 2.24) is 4.98 Å². The van der Waals surface area contributed by atoms with Crippen LogP contribution >= 0.6 is 0 Å². The smallest absolute Gasteiger partial charge is 0.230 e. The molecule has 5 heteroatoms. The fourth-order valence-corrected chi connectivity index (χ4v) is 1.40. The number of benzene rings is 1. The van der Waals surface area contributed by atoms with Crippen LogP contribution in [0.1, 0.15) is 0 Å². The summed E-state index contributed by atoms with van der Waals surface area (Å²) >= 11 is -2.57. The molecule has 14 heavy (non-hydrogen) atoms. The zero-order chi connectivity index (χ0) is 9.97. The molecule has 0 aliphatic carbocycles. The van der Waals surface area contributed by atoms with E-state index in [2.05, 4.69) is 9.17 Å². The molecule has 0 aliphatic rings. The van der Waals surface area contributed by atoms with E-state index < -0.39 is 11.4 Å². The van der Waals surface area contributed by atoms with Crippen molar-refractivity contribution in [3.63, 3.8) is 0 Å². The number of hydrogen-bond donors (Lipinski definition) is 0. The van der Waals surface area contributed by atoms with Crippen LogP contribution in [0.15, 0.2) is 36.4 Å². The molecule has 1 unspecified atom stereocenters. The summed E-state index contributed by atoms with van der Waals surface area (Å²) in [7, 11) is 0. The molecule has 0 saturated carbocycles. The van der Waals surface area contributed by atoms with Crippen molar-refractivity contribution >= 4 is 22.3 Å². The maximum atomic E-state index is 10.2. The number of pyridine rings is 1. The zero-order valence-corrected chi connectivity index (χ0v) is 7.86. The Bertz CT molecular complexity index is 486. The lowest BCUT2D eigenvalue weighted by Gasteiger charge is -2.06. The molecule has 0 amide bonds. The molecule has 72 valence electrons. The Morgan fingerprint density at radius 3 is 2.79 bits per heavy atom. The van der Waals surface area contributed by atoms with Crippen molar-refractivity contribution in [2.75, 3.05) is 0 Å². The lowest BCUT2D eigenvalue weighted by molar-refractivity contribution is 0.434. The van der Waals surface area contributed by atoms with Crippen molar-refractivity contribution in [1.29, 1.82) is 0 Å². The molecular formula is C9H6NO3S-. The van der Waals surface area contributed by atoms with Crippen molar-refractivity contribution in [2.24, 2.45) is 0 Å². The van der Waals surface area contributed by atoms with E-state index in [1.807, 2.05) is 18.2 Å². The van der Waals surface area contributed by atoms with Crippen LogP contribution in [0.25, 0.3) is 10.9 Å². The quantitative estimate of drug-likeness (QED) is 0.700. The molecule has 1 aromatic carbocycles. The molecule has 1 atom stereocenters. The molecule has 0 bridgehead atoms. The third-order valence-electron chi connectivity index (χ3n) is 1.73. The van der Waals surface area contributed by atoms with Gasteiger partial charge in [0, 0.05) is 11.5 Å². The van der Waals surface area contributed by atoms with Crippen LogP contribution in [0.2, 0.25) is 0 Å². The Morgan fingerprint density at radius 1 is 1.21 bits per heavy atom. The molecule has 4 nitrogen and oxygen atoms in total. The molecule has 0 fully saturated rings. The van der Waals surface area contributed by atoms with Gasteiger partial charge >= 0.3 is 0 Å². The minimum absolute atomic E-state index is 0.0806. The second-order valence-electron chi connectivity index (χ2n) is 2.63. The summed E-state index contributed by atoms with van der Waals surface area (Å²) < 4.78 is 24.9. The van der Waals surface area contributed by atoms with Gasteiger partial charge in [-0.05, 0) is 12.1 Å². The maximum absolute atomic E-state index is 10.2. The van der Waals surface area contributed by atoms with Crippen LogP contribution in [0.3, 0.4) is 0 Å². The summed E-state index contributed by atoms with van der Waals surface area (Å²) in [6, 6.07) is 10.7. The monoisotopic (exact) mass is 208 g/mol. The van der Waals surface area contributed by atoms with E-state index in [1.54, 1.807) is 12.1 Å². The summed E-state index contributed by atoms with van der Waals surface area (Å²) in [4.78, 5) is 4.00. The van der Waals surface area contributed by atoms with Crippen LogP contribution in [0.4, 0.5) is 0 Å². The fourth-order valence-electron chi connectivity index (χ4n) is 1.16. The van der Waals surface area contributed by atoms with Gasteiger partial charge < -0.3 is 8.74 Å². The highest BCUT2D eigenvalue weighted by Gasteiger charge is 1.97. The van der Waals surface area contributed by atoms with Gasteiger partial charge in [-0.1, -0.05) is 18.2 Å². The highest BCUT2D eigenvalue weighted by molar-refractivity contribution is 7.74. The highest BCUT2D eigenvalue weighted by atomic mass is 32.2. The summed E-state index contributed by atoms with van der Waals surface area (Å²) in [5.74, 6) is 0.0806. The van der Waals surface area contributed by atoms with E-state index in [1.165, 1.54) is 6.07 Å². The summed E-state index contributed by atoms with van der Waals surface area (Å²) in [5, 5.41) is 0.941. The Hall–Kier alpha value is -1.46. The highest BCUT2D eigenvalue weighted by Crippen LogP contribution is 2.16. The van der Waals surface area contributed by atoms with Gasteiger partial charge in [-0.15, -0.1) is 0 Å². The van der Waals surface area contributed by atoms with Crippen molar-refractivity contribution in [2.45, 2.75) is 0 Å². The van der Waals surface area contributed by atoms with Crippen LogP contribution in [0, 0.1) is 0 Å². The zero-order valence-electron chi connectivity index (χ0n) is 7.04. The number of nitrogens with zero attached hydrogens (tertiary/aromatic N) is 1. The van der Waals surface area contributed by atoms with E-state index in [9.17, 15) is 8.76 Å². The van der Waals surface area contributed by atoms with Crippen LogP contribution < -0.4 is 4.18 Å². The van der Waals surface area contributed by atoms with Gasteiger partial charge in [0.2, 0.25) is 5.88 Å². The molecule has 0 aliphatic heterocycles. The van der Waals surface area contributed by atoms with Crippen molar-refractivity contribution < 1.29 is 12.9 Å². The van der Waals surface area contributed by atoms with Gasteiger partial charge in [-0.2, -0.15) is 0 Å². The van der Waals surface area contributed by atoms with Gasteiger partial charge in [-0.25, -0.2) is 9.19 Å². The minimum atomic E-state index is -2.57.